The fourth-order valence-electron chi connectivity index (χ4n) is 4.05. The molecule has 0 amide bonds. The third-order valence-corrected chi connectivity index (χ3v) is 21.1. The number of hydrogen-bond donors (Lipinski definition) is 0. The predicted octanol–water partition coefficient (Wildman–Crippen LogP) is 5.66. The number of rotatable bonds is 11. The molecule has 0 atom stereocenters. The Morgan fingerprint density at radius 1 is 0.361 bits per heavy atom. The Kier molecular flexibility index (Phi) is 9.02. The first-order valence-electron chi connectivity index (χ1n) is 12.6. The van der Waals surface area contributed by atoms with Crippen LogP contribution in [0, 0.1) is 0 Å². The lowest BCUT2D eigenvalue weighted by molar-refractivity contribution is 0.251. The zero-order chi connectivity index (χ0) is 26.7. The first-order valence-corrected chi connectivity index (χ1v) is 26.4. The van der Waals surface area contributed by atoms with Crippen LogP contribution in [-0.4, -0.2) is 42.3 Å². The third-order valence-electron chi connectivity index (χ3n) is 5.04. The highest BCUT2D eigenvalue weighted by molar-refractivity contribution is 7.04. The first kappa shape index (κ1) is 29.1. The van der Waals surface area contributed by atoms with Crippen LogP contribution in [0.15, 0.2) is 91.0 Å². The van der Waals surface area contributed by atoms with Crippen molar-refractivity contribution < 1.29 is 16.5 Å². The highest BCUT2D eigenvalue weighted by atomic mass is 28.5. The quantitative estimate of drug-likeness (QED) is 0.279. The molecule has 0 unspecified atom stereocenters. The lowest BCUT2D eigenvalue weighted by Gasteiger charge is -2.46. The van der Waals surface area contributed by atoms with Gasteiger partial charge in [-0.25, -0.2) is 0 Å². The molecule has 3 aromatic rings. The van der Waals surface area contributed by atoms with Crippen LogP contribution in [0.25, 0.3) is 0 Å². The van der Waals surface area contributed by atoms with Gasteiger partial charge in [-0.05, 0) is 69.3 Å². The summed E-state index contributed by atoms with van der Waals surface area (Å²) in [5.74, 6) is 0. The van der Waals surface area contributed by atoms with E-state index in [1.807, 2.05) is 18.2 Å². The van der Waals surface area contributed by atoms with E-state index in [1.54, 1.807) is 0 Å². The summed E-state index contributed by atoms with van der Waals surface area (Å²) in [6.07, 6.45) is 0. The molecule has 36 heavy (non-hydrogen) atoms. The molecule has 194 valence electrons. The Balaban J connectivity index is 2.40. The largest absolute Gasteiger partial charge is 0.507 e. The SMILES string of the molecule is C[Si](C)(C)O[Si](O[Si](C)(C)C)(O[Si](O[Si](C)(C)C)(c1ccccc1)c1ccccc1)c1ccccc1. The zero-order valence-corrected chi connectivity index (χ0v) is 28.3. The van der Waals surface area contributed by atoms with Gasteiger partial charge in [-0.3, -0.25) is 0 Å². The van der Waals surface area contributed by atoms with Crippen molar-refractivity contribution in [3.05, 3.63) is 91.0 Å². The van der Waals surface area contributed by atoms with Crippen LogP contribution in [0.4, 0.5) is 0 Å². The van der Waals surface area contributed by atoms with Crippen LogP contribution >= 0.6 is 0 Å². The Labute approximate surface area is 223 Å². The molecule has 0 aromatic heterocycles. The highest BCUT2D eigenvalue weighted by Crippen LogP contribution is 2.28. The van der Waals surface area contributed by atoms with Gasteiger partial charge in [0.25, 0.3) is 0 Å². The zero-order valence-electron chi connectivity index (χ0n) is 23.3. The molecule has 0 radical (unpaired) electrons. The lowest BCUT2D eigenvalue weighted by Crippen LogP contribution is -2.76. The normalized spacial score (nSPS) is 13.6. The van der Waals surface area contributed by atoms with Gasteiger partial charge in [0.1, 0.15) is 0 Å². The van der Waals surface area contributed by atoms with Crippen LogP contribution in [-0.2, 0) is 16.5 Å². The number of hydrogen-bond acceptors (Lipinski definition) is 4. The standard InChI is InChI=1S/C27H42O4Si5/c1-32(2,3)28-35(25-19-13-10-14-20-25,26-21-15-11-16-22-26)31-36(29-33(4,5)6,30-34(7,8)9)27-23-17-12-18-24-27/h10-24H,1-9H3. The molecular formula is C27H42O4Si5. The monoisotopic (exact) mass is 570 g/mol. The maximum atomic E-state index is 7.63. The van der Waals surface area contributed by atoms with Gasteiger partial charge in [0, 0.05) is 5.19 Å². The van der Waals surface area contributed by atoms with E-state index in [-0.39, 0.29) is 0 Å². The highest BCUT2D eigenvalue weighted by Gasteiger charge is 2.59. The van der Waals surface area contributed by atoms with E-state index in [2.05, 4.69) is 132 Å². The van der Waals surface area contributed by atoms with Crippen molar-refractivity contribution in [3.63, 3.8) is 0 Å². The van der Waals surface area contributed by atoms with Gasteiger partial charge < -0.3 is 16.5 Å². The van der Waals surface area contributed by atoms with Gasteiger partial charge >= 0.3 is 17.4 Å². The average molecular weight is 571 g/mol. The molecule has 0 fully saturated rings. The second kappa shape index (κ2) is 11.1. The summed E-state index contributed by atoms with van der Waals surface area (Å²) < 4.78 is 29.2. The molecule has 0 bridgehead atoms. The van der Waals surface area contributed by atoms with Crippen molar-refractivity contribution in [3.8, 4) is 0 Å². The van der Waals surface area contributed by atoms with Crippen molar-refractivity contribution in [1.29, 1.82) is 0 Å². The van der Waals surface area contributed by atoms with Crippen LogP contribution in [0.5, 0.6) is 0 Å². The van der Waals surface area contributed by atoms with E-state index in [0.29, 0.717) is 0 Å². The van der Waals surface area contributed by atoms with E-state index in [1.165, 1.54) is 0 Å². The van der Waals surface area contributed by atoms with E-state index in [9.17, 15) is 0 Å². The molecule has 0 spiro atoms. The minimum atomic E-state index is -3.46. The molecular weight excluding hydrogens is 529 g/mol. The molecule has 0 N–H and O–H groups in total. The predicted molar refractivity (Wildman–Crippen MR) is 164 cm³/mol. The molecule has 0 aliphatic rings. The Hall–Kier alpha value is -1.42. The van der Waals surface area contributed by atoms with Crippen molar-refractivity contribution >= 4 is 57.9 Å². The van der Waals surface area contributed by atoms with Crippen molar-refractivity contribution in [1.82, 2.24) is 0 Å². The van der Waals surface area contributed by atoms with E-state index in [4.69, 9.17) is 16.5 Å². The summed E-state index contributed by atoms with van der Waals surface area (Å²) in [6.45, 7) is 20.0. The fourth-order valence-corrected chi connectivity index (χ4v) is 23.1. The second-order valence-electron chi connectivity index (χ2n) is 12.0. The van der Waals surface area contributed by atoms with Crippen molar-refractivity contribution in [2.45, 2.75) is 58.9 Å². The Morgan fingerprint density at radius 2 is 0.667 bits per heavy atom. The molecule has 3 aromatic carbocycles. The van der Waals surface area contributed by atoms with Crippen LogP contribution in [0.2, 0.25) is 58.9 Å². The van der Waals surface area contributed by atoms with Gasteiger partial charge in [0.05, 0.1) is 0 Å². The maximum Gasteiger partial charge on any atom is 0.507 e. The van der Waals surface area contributed by atoms with Crippen LogP contribution in [0.3, 0.4) is 0 Å². The summed E-state index contributed by atoms with van der Waals surface area (Å²) in [7, 11) is -13.1. The van der Waals surface area contributed by atoms with Crippen molar-refractivity contribution in [2.24, 2.45) is 0 Å². The summed E-state index contributed by atoms with van der Waals surface area (Å²) >= 11 is 0. The topological polar surface area (TPSA) is 36.9 Å². The first-order chi connectivity index (χ1) is 16.6. The molecule has 0 aliphatic carbocycles. The molecule has 0 aliphatic heterocycles. The van der Waals surface area contributed by atoms with Gasteiger partial charge in [0.2, 0.25) is 0 Å². The second-order valence-corrected chi connectivity index (χ2v) is 32.0. The Morgan fingerprint density at radius 3 is 0.972 bits per heavy atom. The summed E-state index contributed by atoms with van der Waals surface area (Å²) in [5.41, 5.74) is 0. The minimum absolute atomic E-state index is 0.998. The molecule has 9 heteroatoms. The summed E-state index contributed by atoms with van der Waals surface area (Å²) in [6, 6.07) is 31.3. The van der Waals surface area contributed by atoms with E-state index >= 15 is 0 Å². The maximum absolute atomic E-state index is 7.63. The van der Waals surface area contributed by atoms with Crippen LogP contribution < -0.4 is 15.6 Å². The average Bonchev–Trinajstić information content (AvgIpc) is 2.77. The molecule has 0 saturated carbocycles. The minimum Gasteiger partial charge on any atom is -0.430 e. The van der Waals surface area contributed by atoms with Gasteiger partial charge in [-0.2, -0.15) is 0 Å². The molecule has 3 rings (SSSR count). The fraction of sp³-hybridized carbons (Fsp3) is 0.333. The van der Waals surface area contributed by atoms with Gasteiger partial charge in [0.15, 0.2) is 25.0 Å². The van der Waals surface area contributed by atoms with Gasteiger partial charge in [-0.15, -0.1) is 0 Å². The molecule has 4 nitrogen and oxygen atoms in total. The third kappa shape index (κ3) is 7.79. The summed E-state index contributed by atoms with van der Waals surface area (Å²) in [4.78, 5) is 0. The lowest BCUT2D eigenvalue weighted by atomic mass is 10.4. The van der Waals surface area contributed by atoms with Gasteiger partial charge in [-0.1, -0.05) is 91.0 Å². The Bertz CT molecular complexity index is 1040. The van der Waals surface area contributed by atoms with E-state index < -0.39 is 42.3 Å². The molecule has 0 saturated heterocycles. The smallest absolute Gasteiger partial charge is 0.430 e. The van der Waals surface area contributed by atoms with Crippen molar-refractivity contribution in [2.75, 3.05) is 0 Å². The summed E-state index contributed by atoms with van der Waals surface area (Å²) in [5, 5.41) is 3.15. The molecule has 0 heterocycles. The van der Waals surface area contributed by atoms with E-state index in [0.717, 1.165) is 15.6 Å². The number of benzene rings is 3. The van der Waals surface area contributed by atoms with Crippen LogP contribution in [0.1, 0.15) is 0 Å².